The van der Waals surface area contributed by atoms with E-state index in [-0.39, 0.29) is 14.5 Å². The predicted octanol–water partition coefficient (Wildman–Crippen LogP) is 2.99. The van der Waals surface area contributed by atoms with E-state index in [1.807, 2.05) is 0 Å². The Morgan fingerprint density at radius 1 is 1.29 bits per heavy atom. The van der Waals surface area contributed by atoms with E-state index >= 15 is 0 Å². The second-order valence-electron chi connectivity index (χ2n) is 3.24. The number of aryl methyl sites for hydroxylation is 1. The van der Waals surface area contributed by atoms with Gasteiger partial charge in [0, 0.05) is 5.02 Å². The third kappa shape index (κ3) is 2.44. The largest absolute Gasteiger partial charge is 0.235 e. The van der Waals surface area contributed by atoms with E-state index in [4.69, 9.17) is 23.2 Å². The van der Waals surface area contributed by atoms with E-state index in [1.165, 1.54) is 12.1 Å². The van der Waals surface area contributed by atoms with Crippen LogP contribution in [0.5, 0.6) is 0 Å². The molecule has 0 atom stereocenters. The highest BCUT2D eigenvalue weighted by Gasteiger charge is 2.23. The Kier molecular flexibility index (Phi) is 3.40. The smallest absolute Gasteiger partial charge is 0.216 e. The van der Waals surface area contributed by atoms with Crippen LogP contribution in [0.2, 0.25) is 10.3 Å². The van der Waals surface area contributed by atoms with Gasteiger partial charge in [0.05, 0.1) is 4.90 Å². The number of aromatic nitrogens is 2. The molecule has 0 fully saturated rings. The average molecular weight is 309 g/mol. The van der Waals surface area contributed by atoms with Crippen LogP contribution in [0.4, 0.5) is 0 Å². The van der Waals surface area contributed by atoms with Gasteiger partial charge in [0.2, 0.25) is 19.5 Å². The number of hydrogen-bond donors (Lipinski definition) is 0. The zero-order chi connectivity index (χ0) is 12.6. The van der Waals surface area contributed by atoms with Crippen LogP contribution in [0.3, 0.4) is 0 Å². The van der Waals surface area contributed by atoms with Crippen LogP contribution in [-0.2, 0) is 9.84 Å². The molecule has 0 aliphatic rings. The molecule has 0 spiro atoms. The number of rotatable bonds is 2. The van der Waals surface area contributed by atoms with Gasteiger partial charge in [-0.05, 0) is 47.8 Å². The predicted molar refractivity (Wildman–Crippen MR) is 66.6 cm³/mol. The van der Waals surface area contributed by atoms with Gasteiger partial charge in [0.25, 0.3) is 0 Å². The normalized spacial score (nSPS) is 11.7. The topological polar surface area (TPSA) is 59.9 Å². The molecular formula is C9H6Cl2N2O2S2. The fourth-order valence-corrected chi connectivity index (χ4v) is 3.72. The summed E-state index contributed by atoms with van der Waals surface area (Å²) in [5.74, 6) is 0. The molecule has 8 heteroatoms. The van der Waals surface area contributed by atoms with Crippen LogP contribution in [0.15, 0.2) is 27.4 Å². The Hall–Kier alpha value is -0.690. The summed E-state index contributed by atoms with van der Waals surface area (Å²) in [6, 6.07) is 4.51. The average Bonchev–Trinajstić information content (AvgIpc) is 2.69. The summed E-state index contributed by atoms with van der Waals surface area (Å²) in [5, 5.41) is 0.313. The molecule has 0 unspecified atom stereocenters. The standard InChI is InChI=1S/C9H6Cl2N2O2S2/c1-5-2-3-6(4-7(5)10)17(14,15)9-12-8(11)13-16-9/h2-4H,1H3. The quantitative estimate of drug-likeness (QED) is 0.855. The number of benzene rings is 1. The van der Waals surface area contributed by atoms with Crippen molar-refractivity contribution in [1.82, 2.24) is 9.36 Å². The third-order valence-electron chi connectivity index (χ3n) is 2.07. The van der Waals surface area contributed by atoms with Crippen molar-refractivity contribution in [1.29, 1.82) is 0 Å². The van der Waals surface area contributed by atoms with Gasteiger partial charge in [-0.25, -0.2) is 8.42 Å². The maximum Gasteiger partial charge on any atom is 0.235 e. The van der Waals surface area contributed by atoms with Crippen LogP contribution >= 0.6 is 34.7 Å². The third-order valence-corrected chi connectivity index (χ3v) is 5.56. The van der Waals surface area contributed by atoms with Gasteiger partial charge in [0.1, 0.15) is 0 Å². The lowest BCUT2D eigenvalue weighted by Crippen LogP contribution is -2.01. The van der Waals surface area contributed by atoms with Crippen molar-refractivity contribution in [2.24, 2.45) is 0 Å². The van der Waals surface area contributed by atoms with Gasteiger partial charge in [-0.3, -0.25) is 0 Å². The Bertz CT molecular complexity index is 667. The van der Waals surface area contributed by atoms with E-state index in [9.17, 15) is 8.42 Å². The highest BCUT2D eigenvalue weighted by molar-refractivity contribution is 7.93. The van der Waals surface area contributed by atoms with E-state index in [0.717, 1.165) is 17.1 Å². The zero-order valence-electron chi connectivity index (χ0n) is 8.52. The van der Waals surface area contributed by atoms with Crippen LogP contribution in [0.25, 0.3) is 0 Å². The highest BCUT2D eigenvalue weighted by atomic mass is 35.5. The molecule has 17 heavy (non-hydrogen) atoms. The second-order valence-corrected chi connectivity index (χ2v) is 6.86. The number of nitrogens with zero attached hydrogens (tertiary/aromatic N) is 2. The molecule has 1 aromatic heterocycles. The number of halogens is 2. The van der Waals surface area contributed by atoms with Crippen molar-refractivity contribution < 1.29 is 8.42 Å². The SMILES string of the molecule is Cc1ccc(S(=O)(=O)c2nc(Cl)ns2)cc1Cl. The molecule has 4 nitrogen and oxygen atoms in total. The molecule has 90 valence electrons. The minimum absolute atomic E-state index is 0.0771. The fraction of sp³-hybridized carbons (Fsp3) is 0.111. The van der Waals surface area contributed by atoms with Gasteiger partial charge >= 0.3 is 0 Å². The van der Waals surface area contributed by atoms with E-state index in [1.54, 1.807) is 13.0 Å². The molecule has 0 N–H and O–H groups in total. The molecule has 0 radical (unpaired) electrons. The molecular weight excluding hydrogens is 303 g/mol. The first-order valence-electron chi connectivity index (χ1n) is 4.42. The molecule has 2 rings (SSSR count). The molecule has 0 saturated heterocycles. The monoisotopic (exact) mass is 308 g/mol. The molecule has 0 bridgehead atoms. The fourth-order valence-electron chi connectivity index (χ4n) is 1.14. The summed E-state index contributed by atoms with van der Waals surface area (Å²) in [6.45, 7) is 1.79. The maximum atomic E-state index is 12.1. The Balaban J connectivity index is 2.56. The molecule has 0 aliphatic carbocycles. The van der Waals surface area contributed by atoms with Gasteiger partial charge in [-0.15, -0.1) is 0 Å². The summed E-state index contributed by atoms with van der Waals surface area (Å²) in [6.07, 6.45) is 0. The van der Waals surface area contributed by atoms with Crippen LogP contribution in [0.1, 0.15) is 5.56 Å². The summed E-state index contributed by atoms with van der Waals surface area (Å²) < 4.78 is 27.7. The van der Waals surface area contributed by atoms with Crippen molar-refractivity contribution in [3.05, 3.63) is 34.1 Å². The Morgan fingerprint density at radius 3 is 2.53 bits per heavy atom. The molecule has 2 aromatic rings. The molecule has 0 amide bonds. The first-order chi connectivity index (χ1) is 7.91. The molecule has 1 heterocycles. The van der Waals surface area contributed by atoms with E-state index < -0.39 is 9.84 Å². The van der Waals surface area contributed by atoms with Crippen LogP contribution in [0, 0.1) is 6.92 Å². The van der Waals surface area contributed by atoms with E-state index in [2.05, 4.69) is 9.36 Å². The van der Waals surface area contributed by atoms with Crippen molar-refractivity contribution in [3.63, 3.8) is 0 Å². The lowest BCUT2D eigenvalue weighted by Gasteiger charge is -2.02. The van der Waals surface area contributed by atoms with Gasteiger partial charge < -0.3 is 0 Å². The minimum Gasteiger partial charge on any atom is -0.216 e. The molecule has 1 aromatic carbocycles. The van der Waals surface area contributed by atoms with Gasteiger partial charge in [-0.1, -0.05) is 17.7 Å². The minimum atomic E-state index is -3.68. The van der Waals surface area contributed by atoms with Crippen molar-refractivity contribution >= 4 is 44.6 Å². The van der Waals surface area contributed by atoms with Crippen molar-refractivity contribution in [3.8, 4) is 0 Å². The second kappa shape index (κ2) is 4.53. The lowest BCUT2D eigenvalue weighted by molar-refractivity contribution is 0.595. The van der Waals surface area contributed by atoms with E-state index in [0.29, 0.717) is 5.02 Å². The first kappa shape index (κ1) is 12.8. The zero-order valence-corrected chi connectivity index (χ0v) is 11.7. The molecule has 0 saturated carbocycles. The Labute approximate surface area is 112 Å². The lowest BCUT2D eigenvalue weighted by atomic mass is 10.2. The van der Waals surface area contributed by atoms with Crippen molar-refractivity contribution in [2.45, 2.75) is 16.2 Å². The molecule has 0 aliphatic heterocycles. The summed E-state index contributed by atoms with van der Waals surface area (Å²) in [7, 11) is -3.68. The van der Waals surface area contributed by atoms with Gasteiger partial charge in [-0.2, -0.15) is 9.36 Å². The summed E-state index contributed by atoms with van der Waals surface area (Å²) >= 11 is 12.1. The maximum absolute atomic E-state index is 12.1. The number of hydrogen-bond acceptors (Lipinski definition) is 5. The van der Waals surface area contributed by atoms with Crippen LogP contribution in [-0.4, -0.2) is 17.8 Å². The van der Waals surface area contributed by atoms with Crippen molar-refractivity contribution in [2.75, 3.05) is 0 Å². The van der Waals surface area contributed by atoms with Gasteiger partial charge in [0.15, 0.2) is 0 Å². The van der Waals surface area contributed by atoms with Crippen LogP contribution < -0.4 is 0 Å². The number of sulfone groups is 1. The summed E-state index contributed by atoms with van der Waals surface area (Å²) in [5.41, 5.74) is 0.806. The highest BCUT2D eigenvalue weighted by Crippen LogP contribution is 2.26. The summed E-state index contributed by atoms with van der Waals surface area (Å²) in [4.78, 5) is 3.74. The first-order valence-corrected chi connectivity index (χ1v) is 7.43. The Morgan fingerprint density at radius 2 is 2.00 bits per heavy atom.